The molecule has 7 rings (SSSR count). The molecule has 2 atom stereocenters. The fraction of sp³-hybridized carbons (Fsp3) is 0.486. The van der Waals surface area contributed by atoms with Crippen LogP contribution < -0.4 is 19.9 Å². The van der Waals surface area contributed by atoms with E-state index in [1.165, 1.54) is 23.2 Å². The van der Waals surface area contributed by atoms with Gasteiger partial charge in [-0.25, -0.2) is 13.8 Å². The van der Waals surface area contributed by atoms with Crippen molar-refractivity contribution in [3.05, 3.63) is 53.7 Å². The molecule has 0 unspecified atom stereocenters. The number of fused-ring (bicyclic) bond motifs is 2. The van der Waals surface area contributed by atoms with E-state index in [9.17, 15) is 14.3 Å². The van der Waals surface area contributed by atoms with Crippen molar-refractivity contribution in [1.29, 1.82) is 0 Å². The largest absolute Gasteiger partial charge is 0.463 e. The summed E-state index contributed by atoms with van der Waals surface area (Å²) in [4.78, 5) is 31.7. The number of morpholine rings is 1. The third-order valence-electron chi connectivity index (χ3n) is 9.58. The van der Waals surface area contributed by atoms with Crippen LogP contribution in [-0.4, -0.2) is 115 Å². The highest BCUT2D eigenvalue weighted by atomic mass is 19.1. The highest BCUT2D eigenvalue weighted by molar-refractivity contribution is 5.92. The van der Waals surface area contributed by atoms with Gasteiger partial charge in [0.2, 0.25) is 5.91 Å². The minimum atomic E-state index is -0.874. The van der Waals surface area contributed by atoms with Gasteiger partial charge < -0.3 is 34.4 Å². The average Bonchev–Trinajstić information content (AvgIpc) is 3.91. The number of aliphatic hydroxyl groups excluding tert-OH is 1. The maximum Gasteiger partial charge on any atom is 0.319 e. The Labute approximate surface area is 283 Å². The summed E-state index contributed by atoms with van der Waals surface area (Å²) < 4.78 is 49.4. The van der Waals surface area contributed by atoms with Crippen LogP contribution in [0.15, 0.2) is 31.0 Å². The number of halogens is 2. The van der Waals surface area contributed by atoms with Crippen molar-refractivity contribution in [2.24, 2.45) is 5.41 Å². The molecule has 0 radical (unpaired) electrons. The molecule has 4 aliphatic rings. The van der Waals surface area contributed by atoms with E-state index in [4.69, 9.17) is 25.6 Å². The number of ether oxygens (including phenoxy) is 3. The molecule has 2 saturated heterocycles. The number of anilines is 3. The fourth-order valence-electron chi connectivity index (χ4n) is 6.86. The number of terminal acetylenes is 1. The van der Waals surface area contributed by atoms with Crippen LogP contribution in [-0.2, 0) is 20.7 Å². The first-order valence-corrected chi connectivity index (χ1v) is 16.6. The number of nitrogens with one attached hydrogen (secondary N) is 1. The number of carbonyl (C=O) groups is 1. The summed E-state index contributed by atoms with van der Waals surface area (Å²) in [6.07, 6.45) is 9.71. The number of pyridine rings is 1. The normalized spacial score (nSPS) is 22.2. The summed E-state index contributed by atoms with van der Waals surface area (Å²) in [5.74, 6) is 0.833. The molecule has 14 heteroatoms. The van der Waals surface area contributed by atoms with E-state index in [0.29, 0.717) is 56.3 Å². The molecule has 12 nitrogen and oxygen atoms in total. The minimum Gasteiger partial charge on any atom is -0.463 e. The fourth-order valence-corrected chi connectivity index (χ4v) is 6.86. The summed E-state index contributed by atoms with van der Waals surface area (Å²) >= 11 is 0. The Morgan fingerprint density at radius 2 is 1.96 bits per heavy atom. The Kier molecular flexibility index (Phi) is 9.34. The van der Waals surface area contributed by atoms with Crippen molar-refractivity contribution in [3.63, 3.8) is 0 Å². The maximum absolute atomic E-state index is 16.9. The summed E-state index contributed by atoms with van der Waals surface area (Å²) in [5, 5.41) is 13.9. The van der Waals surface area contributed by atoms with Crippen LogP contribution in [0.4, 0.5) is 26.1 Å². The predicted molar refractivity (Wildman–Crippen MR) is 178 cm³/mol. The average molecular weight is 676 g/mol. The van der Waals surface area contributed by atoms with Gasteiger partial charge in [-0.2, -0.15) is 9.97 Å². The van der Waals surface area contributed by atoms with E-state index in [0.717, 1.165) is 32.5 Å². The van der Waals surface area contributed by atoms with Gasteiger partial charge in [0.15, 0.2) is 11.6 Å². The molecule has 2 aromatic heterocycles. The number of hydrogen-bond acceptors (Lipinski definition) is 11. The number of β-amino-alcohol motifs (C(OH)–C–C–N with tert-alkyl or cyclic N) is 1. The first-order chi connectivity index (χ1) is 23.8. The molecule has 1 amide bonds. The number of nitrogens with zero attached hydrogens (tertiary/aromatic N) is 6. The van der Waals surface area contributed by atoms with Gasteiger partial charge in [-0.05, 0) is 30.5 Å². The van der Waals surface area contributed by atoms with Crippen LogP contribution in [0.1, 0.15) is 24.0 Å². The molecule has 1 aliphatic carbocycles. The standard InChI is InChI=1S/C35H39F2N7O5/c1-3-25-27(36)6-5-22-15-24(45)18-44(31(22)25)33-29(37)30-26(16-38-33)32(43-11-14-48-19-23(17-43)39-28(46)4-2)41-34(40-30)49-21-35(7-8-35)20-42-9-12-47-13-10-42/h1,4-6,16,23-24,45H,2,7-15,17-21H2,(H,39,46)/t23-,24+/m1/s1. The van der Waals surface area contributed by atoms with Crippen molar-refractivity contribution in [3.8, 4) is 18.4 Å². The molecule has 2 N–H and O–H groups in total. The summed E-state index contributed by atoms with van der Waals surface area (Å²) in [7, 11) is 0. The second-order valence-corrected chi connectivity index (χ2v) is 13.1. The molecule has 1 aromatic carbocycles. The van der Waals surface area contributed by atoms with Crippen LogP contribution in [0.2, 0.25) is 0 Å². The Morgan fingerprint density at radius 1 is 1.16 bits per heavy atom. The highest BCUT2D eigenvalue weighted by Gasteiger charge is 2.45. The topological polar surface area (TPSA) is 125 Å². The first-order valence-electron chi connectivity index (χ1n) is 16.6. The Morgan fingerprint density at radius 3 is 2.71 bits per heavy atom. The lowest BCUT2D eigenvalue weighted by molar-refractivity contribution is -0.117. The van der Waals surface area contributed by atoms with Crippen molar-refractivity contribution >= 4 is 34.1 Å². The second kappa shape index (κ2) is 13.8. The third kappa shape index (κ3) is 6.89. The SMILES string of the molecule is C#Cc1c(F)ccc2c1N(c1ncc3c(N4CCOC[C@H](NC(=O)C=C)C4)nc(OCC4(CN5CCOCC5)CC4)nc3c1F)C[C@@H](O)C2. The van der Waals surface area contributed by atoms with Gasteiger partial charge in [-0.15, -0.1) is 6.42 Å². The zero-order valence-corrected chi connectivity index (χ0v) is 27.2. The minimum absolute atomic E-state index is 0.00178. The summed E-state index contributed by atoms with van der Waals surface area (Å²) in [5.41, 5.74) is 0.713. The molecule has 3 aliphatic heterocycles. The Hall–Kier alpha value is -4.42. The number of aromatic nitrogens is 3. The van der Waals surface area contributed by atoms with Crippen molar-refractivity contribution in [2.75, 3.05) is 82.1 Å². The Balaban J connectivity index is 1.28. The van der Waals surface area contributed by atoms with Crippen LogP contribution in [0.3, 0.4) is 0 Å². The van der Waals surface area contributed by atoms with Crippen molar-refractivity contribution < 1.29 is 32.9 Å². The first kappa shape index (κ1) is 33.1. The summed E-state index contributed by atoms with van der Waals surface area (Å²) in [6.45, 7) is 9.13. The number of aliphatic hydroxyl groups is 1. The van der Waals surface area contributed by atoms with Gasteiger partial charge in [0, 0.05) is 50.8 Å². The molecule has 1 saturated carbocycles. The van der Waals surface area contributed by atoms with E-state index in [2.05, 4.69) is 32.7 Å². The maximum atomic E-state index is 16.9. The number of hydrogen-bond donors (Lipinski definition) is 2. The monoisotopic (exact) mass is 675 g/mol. The quantitative estimate of drug-likeness (QED) is 0.257. The van der Waals surface area contributed by atoms with Crippen LogP contribution >= 0.6 is 0 Å². The molecular formula is C35H39F2N7O5. The predicted octanol–water partition coefficient (Wildman–Crippen LogP) is 2.34. The zero-order chi connectivity index (χ0) is 34.1. The molecule has 3 aromatic rings. The van der Waals surface area contributed by atoms with Gasteiger partial charge in [-0.3, -0.25) is 9.69 Å². The van der Waals surface area contributed by atoms with Gasteiger partial charge >= 0.3 is 6.01 Å². The van der Waals surface area contributed by atoms with E-state index >= 15 is 4.39 Å². The van der Waals surface area contributed by atoms with E-state index in [1.54, 1.807) is 6.07 Å². The van der Waals surface area contributed by atoms with Gasteiger partial charge in [0.25, 0.3) is 0 Å². The molecule has 3 fully saturated rings. The van der Waals surface area contributed by atoms with E-state index in [-0.39, 0.29) is 59.5 Å². The van der Waals surface area contributed by atoms with E-state index in [1.807, 2.05) is 4.90 Å². The van der Waals surface area contributed by atoms with E-state index < -0.39 is 23.8 Å². The lowest BCUT2D eigenvalue weighted by Gasteiger charge is -2.34. The summed E-state index contributed by atoms with van der Waals surface area (Å²) in [6, 6.07) is 2.39. The number of amides is 1. The number of carbonyl (C=O) groups excluding carboxylic acids is 1. The molecule has 49 heavy (non-hydrogen) atoms. The molecular weight excluding hydrogens is 636 g/mol. The molecule has 0 spiro atoms. The third-order valence-corrected chi connectivity index (χ3v) is 9.58. The zero-order valence-electron chi connectivity index (χ0n) is 27.2. The smallest absolute Gasteiger partial charge is 0.319 e. The lowest BCUT2D eigenvalue weighted by atomic mass is 9.95. The molecule has 258 valence electrons. The molecule has 0 bridgehead atoms. The van der Waals surface area contributed by atoms with Gasteiger partial charge in [-0.1, -0.05) is 18.6 Å². The second-order valence-electron chi connectivity index (χ2n) is 13.1. The van der Waals surface area contributed by atoms with Crippen molar-refractivity contribution in [1.82, 2.24) is 25.2 Å². The van der Waals surface area contributed by atoms with Crippen LogP contribution in [0.5, 0.6) is 6.01 Å². The van der Waals surface area contributed by atoms with Crippen molar-refractivity contribution in [2.45, 2.75) is 31.4 Å². The van der Waals surface area contributed by atoms with Crippen LogP contribution in [0, 0.1) is 29.4 Å². The lowest BCUT2D eigenvalue weighted by Crippen LogP contribution is -2.44. The van der Waals surface area contributed by atoms with Gasteiger partial charge in [0.05, 0.1) is 68.4 Å². The molecule has 5 heterocycles. The number of rotatable bonds is 9. The van der Waals surface area contributed by atoms with Gasteiger partial charge in [0.1, 0.15) is 17.2 Å². The van der Waals surface area contributed by atoms with Crippen LogP contribution in [0.25, 0.3) is 10.9 Å². The highest BCUT2D eigenvalue weighted by Crippen LogP contribution is 2.47. The number of benzene rings is 1. The Bertz CT molecular complexity index is 1790.